The van der Waals surface area contributed by atoms with Gasteiger partial charge in [0.15, 0.2) is 0 Å². The predicted molar refractivity (Wildman–Crippen MR) is 97.8 cm³/mol. The number of nitrogens with one attached hydrogen (secondary N) is 3. The summed E-state index contributed by atoms with van der Waals surface area (Å²) in [6, 6.07) is -1.99. The first kappa shape index (κ1) is 22.5. The van der Waals surface area contributed by atoms with Gasteiger partial charge in [-0.2, -0.15) is 0 Å². The monoisotopic (exact) mass is 454 g/mol. The van der Waals surface area contributed by atoms with Crippen molar-refractivity contribution in [2.24, 2.45) is 0 Å². The number of rotatable bonds is 6. The summed E-state index contributed by atoms with van der Waals surface area (Å²) >= 11 is 5.66. The third-order valence-corrected chi connectivity index (χ3v) is 5.63. The zero-order valence-electron chi connectivity index (χ0n) is 15.6. The zero-order chi connectivity index (χ0) is 22.0. The number of likely N-dealkylation sites (tertiary alicyclic amines) is 1. The number of carbonyl (C=O) groups excluding carboxylic acids is 2. The lowest BCUT2D eigenvalue weighted by Gasteiger charge is -2.42. The maximum absolute atomic E-state index is 14.8. The Kier molecular flexibility index (Phi) is 7.02. The fourth-order valence-electron chi connectivity index (χ4n) is 3.82. The van der Waals surface area contributed by atoms with E-state index >= 15 is 0 Å². The van der Waals surface area contributed by atoms with Crippen LogP contribution in [0.2, 0.25) is 5.02 Å². The number of alkyl halides is 3. The summed E-state index contributed by atoms with van der Waals surface area (Å²) in [5.74, 6) is -2.93. The van der Waals surface area contributed by atoms with Crippen molar-refractivity contribution in [1.29, 1.82) is 0 Å². The molecule has 0 aromatic heterocycles. The molecule has 30 heavy (non-hydrogen) atoms. The van der Waals surface area contributed by atoms with Gasteiger partial charge in [-0.25, -0.2) is 26.7 Å². The van der Waals surface area contributed by atoms with Gasteiger partial charge in [0.25, 0.3) is 6.43 Å². The molecule has 1 aromatic carbocycles. The van der Waals surface area contributed by atoms with Crippen LogP contribution in [-0.4, -0.2) is 54.7 Å². The van der Waals surface area contributed by atoms with Crippen LogP contribution in [-0.2, 0) is 4.79 Å². The highest BCUT2D eigenvalue weighted by Gasteiger charge is 2.41. The molecule has 0 spiro atoms. The molecular formula is C18H20ClF5N4O2. The van der Waals surface area contributed by atoms with E-state index in [0.29, 0.717) is 12.8 Å². The van der Waals surface area contributed by atoms with Gasteiger partial charge in [-0.3, -0.25) is 9.69 Å². The van der Waals surface area contributed by atoms with Crippen LogP contribution in [0.4, 0.5) is 26.7 Å². The molecule has 0 aliphatic carbocycles. The van der Waals surface area contributed by atoms with Crippen LogP contribution in [0, 0.1) is 11.6 Å². The van der Waals surface area contributed by atoms with Gasteiger partial charge < -0.3 is 16.0 Å². The van der Waals surface area contributed by atoms with Gasteiger partial charge in [0.05, 0.1) is 6.04 Å². The van der Waals surface area contributed by atoms with Crippen molar-refractivity contribution >= 4 is 23.5 Å². The van der Waals surface area contributed by atoms with Crippen LogP contribution in [0.3, 0.4) is 0 Å². The third-order valence-electron chi connectivity index (χ3n) is 5.29. The minimum atomic E-state index is -3.30. The number of hydrogen-bond acceptors (Lipinski definition) is 3. The Morgan fingerprint density at radius 2 is 1.97 bits per heavy atom. The summed E-state index contributed by atoms with van der Waals surface area (Å²) in [5, 5.41) is 6.42. The molecule has 2 heterocycles. The Bertz CT molecular complexity index is 815. The highest BCUT2D eigenvalue weighted by atomic mass is 35.5. The Morgan fingerprint density at radius 1 is 1.23 bits per heavy atom. The van der Waals surface area contributed by atoms with Gasteiger partial charge >= 0.3 is 6.03 Å². The standard InChI is InChI=1S/C18H20ClF5N4O2/c19-12-9(20)5-4-8(13(12)21)14(27-17(29)10-7-25-18(30)26-10)11-3-1-2-6-28(11)16(24)15(22)23/h4-5,10-11,14-16H,1-3,6-7H2,(H,27,29)(H2,25,26,30)/t10?,11?,14-,16?/m0/s1. The Labute approximate surface area is 174 Å². The molecule has 3 amide bonds. The molecule has 2 aliphatic rings. The summed E-state index contributed by atoms with van der Waals surface area (Å²) in [5.41, 5.74) is -0.259. The lowest BCUT2D eigenvalue weighted by Crippen LogP contribution is -2.55. The molecule has 3 unspecified atom stereocenters. The van der Waals surface area contributed by atoms with Crippen molar-refractivity contribution in [1.82, 2.24) is 20.9 Å². The largest absolute Gasteiger partial charge is 0.346 e. The summed E-state index contributed by atoms with van der Waals surface area (Å²) in [6.07, 6.45) is -4.77. The number of halogens is 6. The summed E-state index contributed by atoms with van der Waals surface area (Å²) in [4.78, 5) is 24.8. The van der Waals surface area contributed by atoms with E-state index in [1.54, 1.807) is 0 Å². The second-order valence-electron chi connectivity index (χ2n) is 7.17. The number of nitrogens with zero attached hydrogens (tertiary/aromatic N) is 1. The Balaban J connectivity index is 1.97. The van der Waals surface area contributed by atoms with E-state index in [4.69, 9.17) is 11.6 Å². The molecule has 2 aliphatic heterocycles. The average Bonchev–Trinajstić information content (AvgIpc) is 3.16. The maximum Gasteiger partial charge on any atom is 0.315 e. The molecule has 6 nitrogen and oxygen atoms in total. The van der Waals surface area contributed by atoms with E-state index in [0.717, 1.165) is 17.0 Å². The molecule has 2 fully saturated rings. The van der Waals surface area contributed by atoms with Gasteiger partial charge in [0.2, 0.25) is 12.2 Å². The lowest BCUT2D eigenvalue weighted by atomic mass is 9.90. The minimum Gasteiger partial charge on any atom is -0.346 e. The second kappa shape index (κ2) is 9.34. The summed E-state index contributed by atoms with van der Waals surface area (Å²) in [6.45, 7) is -0.0675. The number of urea groups is 1. The van der Waals surface area contributed by atoms with E-state index < -0.39 is 59.4 Å². The molecule has 2 saturated heterocycles. The van der Waals surface area contributed by atoms with Crippen LogP contribution in [0.15, 0.2) is 12.1 Å². The van der Waals surface area contributed by atoms with Gasteiger partial charge in [0.1, 0.15) is 22.7 Å². The van der Waals surface area contributed by atoms with E-state index in [2.05, 4.69) is 16.0 Å². The number of amides is 3. The van der Waals surface area contributed by atoms with Crippen molar-refractivity contribution in [3.8, 4) is 0 Å². The van der Waals surface area contributed by atoms with E-state index in [9.17, 15) is 31.5 Å². The van der Waals surface area contributed by atoms with Crippen molar-refractivity contribution in [3.63, 3.8) is 0 Å². The lowest BCUT2D eigenvalue weighted by molar-refractivity contribution is -0.125. The SMILES string of the molecule is O=C1NCC(C(=O)N[C@@H](c2ccc(F)c(Cl)c2F)C2CCCCN2C(F)C(F)F)N1. The Hall–Kier alpha value is -2.14. The first-order valence-electron chi connectivity index (χ1n) is 9.36. The van der Waals surface area contributed by atoms with Crippen LogP contribution in [0.25, 0.3) is 0 Å². The number of hydrogen-bond donors (Lipinski definition) is 3. The molecule has 0 saturated carbocycles. The average molecular weight is 455 g/mol. The smallest absolute Gasteiger partial charge is 0.315 e. The van der Waals surface area contributed by atoms with Crippen LogP contribution in [0.1, 0.15) is 30.9 Å². The number of benzene rings is 1. The fraction of sp³-hybridized carbons (Fsp3) is 0.556. The van der Waals surface area contributed by atoms with Gasteiger partial charge in [0, 0.05) is 24.7 Å². The normalized spacial score (nSPS) is 24.3. The van der Waals surface area contributed by atoms with Crippen molar-refractivity contribution in [3.05, 3.63) is 34.4 Å². The molecule has 0 bridgehead atoms. The molecule has 3 N–H and O–H groups in total. The number of carbonyl (C=O) groups is 2. The highest BCUT2D eigenvalue weighted by Crippen LogP contribution is 2.35. The molecule has 166 valence electrons. The van der Waals surface area contributed by atoms with Crippen molar-refractivity contribution in [2.75, 3.05) is 13.1 Å². The molecular weight excluding hydrogens is 435 g/mol. The van der Waals surface area contributed by atoms with Crippen molar-refractivity contribution in [2.45, 2.75) is 50.1 Å². The quantitative estimate of drug-likeness (QED) is 0.351. The van der Waals surface area contributed by atoms with E-state index in [1.807, 2.05) is 0 Å². The molecule has 12 heteroatoms. The van der Waals surface area contributed by atoms with Crippen LogP contribution in [0.5, 0.6) is 0 Å². The minimum absolute atomic E-state index is 0.0270. The van der Waals surface area contributed by atoms with Gasteiger partial charge in [-0.05, 0) is 18.9 Å². The molecule has 1 aromatic rings. The first-order valence-corrected chi connectivity index (χ1v) is 9.74. The molecule has 3 rings (SSSR count). The predicted octanol–water partition coefficient (Wildman–Crippen LogP) is 2.87. The van der Waals surface area contributed by atoms with E-state index in [-0.39, 0.29) is 25.1 Å². The highest BCUT2D eigenvalue weighted by molar-refractivity contribution is 6.31. The van der Waals surface area contributed by atoms with Crippen molar-refractivity contribution < 1.29 is 31.5 Å². The number of piperidine rings is 1. The second-order valence-corrected chi connectivity index (χ2v) is 7.54. The first-order chi connectivity index (χ1) is 14.2. The topological polar surface area (TPSA) is 73.5 Å². The van der Waals surface area contributed by atoms with Crippen LogP contribution >= 0.6 is 11.6 Å². The van der Waals surface area contributed by atoms with Gasteiger partial charge in [-0.1, -0.05) is 24.1 Å². The Morgan fingerprint density at radius 3 is 2.60 bits per heavy atom. The molecule has 0 radical (unpaired) electrons. The maximum atomic E-state index is 14.8. The van der Waals surface area contributed by atoms with Gasteiger partial charge in [-0.15, -0.1) is 0 Å². The van der Waals surface area contributed by atoms with E-state index in [1.165, 1.54) is 0 Å². The summed E-state index contributed by atoms with van der Waals surface area (Å²) in [7, 11) is 0. The zero-order valence-corrected chi connectivity index (χ0v) is 16.4. The fourth-order valence-corrected chi connectivity index (χ4v) is 3.99. The third kappa shape index (κ3) is 4.61. The summed E-state index contributed by atoms with van der Waals surface area (Å²) < 4.78 is 68.9. The molecule has 4 atom stereocenters. The van der Waals surface area contributed by atoms with Crippen LogP contribution < -0.4 is 16.0 Å².